The van der Waals surface area contributed by atoms with Crippen molar-refractivity contribution in [2.24, 2.45) is 0 Å². The summed E-state index contributed by atoms with van der Waals surface area (Å²) in [6.45, 7) is 0.610. The lowest BCUT2D eigenvalue weighted by Crippen LogP contribution is -2.06. The van der Waals surface area contributed by atoms with E-state index in [9.17, 15) is 4.39 Å². The third-order valence-corrected chi connectivity index (χ3v) is 3.58. The Balaban J connectivity index is 2.06. The lowest BCUT2D eigenvalue weighted by molar-refractivity contribution is 0.541. The van der Waals surface area contributed by atoms with Crippen LogP contribution in [0.15, 0.2) is 30.3 Å². The number of terminal acetylenes is 1. The average Bonchev–Trinajstić information content (AvgIpc) is 2.87. The molecule has 116 valence electrons. The third kappa shape index (κ3) is 3.14. The molecular formula is C17H16FN5. The van der Waals surface area contributed by atoms with Gasteiger partial charge in [-0.15, -0.1) is 12.3 Å². The Morgan fingerprint density at radius 2 is 1.96 bits per heavy atom. The first-order valence-electron chi connectivity index (χ1n) is 7.34. The maximum absolute atomic E-state index is 13.5. The first kappa shape index (κ1) is 15.0. The Hall–Kier alpha value is -2.94. The molecule has 5 nitrogen and oxygen atoms in total. The summed E-state index contributed by atoms with van der Waals surface area (Å²) in [5.74, 6) is 3.43. The van der Waals surface area contributed by atoms with Gasteiger partial charge in [0.05, 0.1) is 0 Å². The van der Waals surface area contributed by atoms with Crippen LogP contribution < -0.4 is 5.73 Å². The average molecular weight is 309 g/mol. The van der Waals surface area contributed by atoms with Crippen molar-refractivity contribution in [1.29, 1.82) is 0 Å². The van der Waals surface area contributed by atoms with Crippen molar-refractivity contribution in [3.05, 3.63) is 47.8 Å². The molecule has 6 heteroatoms. The van der Waals surface area contributed by atoms with Gasteiger partial charge in [0.15, 0.2) is 17.0 Å². The number of benzene rings is 1. The number of nitrogens with zero attached hydrogens (tertiary/aromatic N) is 4. The number of fused-ring (bicyclic) bond motifs is 1. The highest BCUT2D eigenvalue weighted by molar-refractivity contribution is 5.82. The second-order valence-electron chi connectivity index (χ2n) is 5.20. The minimum absolute atomic E-state index is 0.0533. The van der Waals surface area contributed by atoms with Crippen LogP contribution in [0, 0.1) is 18.4 Å². The van der Waals surface area contributed by atoms with Crippen LogP contribution in [0.1, 0.15) is 24.2 Å². The molecule has 2 heterocycles. The van der Waals surface area contributed by atoms with Gasteiger partial charge in [-0.2, -0.15) is 14.4 Å². The number of imidazole rings is 1. The van der Waals surface area contributed by atoms with Gasteiger partial charge in [0, 0.05) is 19.4 Å². The normalized spacial score (nSPS) is 10.8. The molecule has 23 heavy (non-hydrogen) atoms. The fraction of sp³-hybridized carbons (Fsp3) is 0.235. The predicted molar refractivity (Wildman–Crippen MR) is 87.0 cm³/mol. The number of rotatable bonds is 5. The van der Waals surface area contributed by atoms with E-state index < -0.39 is 6.08 Å². The van der Waals surface area contributed by atoms with E-state index in [1.807, 2.05) is 34.9 Å². The van der Waals surface area contributed by atoms with Crippen molar-refractivity contribution < 1.29 is 4.39 Å². The first-order chi connectivity index (χ1) is 11.2. The number of aromatic nitrogens is 4. The number of hydrogen-bond donors (Lipinski definition) is 1. The van der Waals surface area contributed by atoms with Crippen LogP contribution >= 0.6 is 0 Å². The van der Waals surface area contributed by atoms with E-state index >= 15 is 0 Å². The molecule has 0 saturated carbocycles. The van der Waals surface area contributed by atoms with E-state index in [1.54, 1.807) is 0 Å². The predicted octanol–water partition coefficient (Wildman–Crippen LogP) is 2.55. The zero-order valence-corrected chi connectivity index (χ0v) is 12.5. The largest absolute Gasteiger partial charge is 0.382 e. The molecule has 0 saturated heterocycles. The molecule has 0 aliphatic rings. The fourth-order valence-electron chi connectivity index (χ4n) is 2.53. The summed E-state index contributed by atoms with van der Waals surface area (Å²) < 4.78 is 15.4. The second kappa shape index (κ2) is 6.44. The molecule has 0 spiro atoms. The van der Waals surface area contributed by atoms with Crippen LogP contribution in [-0.2, 0) is 13.0 Å². The van der Waals surface area contributed by atoms with Gasteiger partial charge in [0.1, 0.15) is 5.82 Å². The minimum Gasteiger partial charge on any atom is -0.382 e. The smallest absolute Gasteiger partial charge is 0.312 e. The lowest BCUT2D eigenvalue weighted by atomic mass is 10.1. The topological polar surface area (TPSA) is 69.6 Å². The van der Waals surface area contributed by atoms with Gasteiger partial charge in [-0.05, 0) is 12.0 Å². The zero-order chi connectivity index (χ0) is 16.2. The Morgan fingerprint density at radius 3 is 2.70 bits per heavy atom. The molecule has 0 fully saturated rings. The van der Waals surface area contributed by atoms with Gasteiger partial charge in [-0.25, -0.2) is 4.98 Å². The molecule has 0 bridgehead atoms. The maximum Gasteiger partial charge on any atom is 0.312 e. The minimum atomic E-state index is -0.848. The molecule has 0 radical (unpaired) electrons. The number of unbranched alkanes of at least 4 members (excludes halogenated alkanes) is 1. The molecular weight excluding hydrogens is 293 g/mol. The SMILES string of the molecule is C#CCCCn1c(Cc2ccccc2)nc2c(N)nc(F)nc21. The molecule has 0 atom stereocenters. The van der Waals surface area contributed by atoms with E-state index in [1.165, 1.54) is 0 Å². The number of halogens is 1. The number of anilines is 1. The van der Waals surface area contributed by atoms with Crippen molar-refractivity contribution in [2.45, 2.75) is 25.8 Å². The van der Waals surface area contributed by atoms with Gasteiger partial charge in [-0.3, -0.25) is 0 Å². The van der Waals surface area contributed by atoms with Crippen molar-refractivity contribution in [2.75, 3.05) is 5.73 Å². The van der Waals surface area contributed by atoms with Crippen LogP contribution in [-0.4, -0.2) is 19.5 Å². The molecule has 1 aromatic carbocycles. The van der Waals surface area contributed by atoms with Gasteiger partial charge in [0.25, 0.3) is 0 Å². The van der Waals surface area contributed by atoms with Gasteiger partial charge >= 0.3 is 6.08 Å². The van der Waals surface area contributed by atoms with Gasteiger partial charge in [0.2, 0.25) is 0 Å². The highest BCUT2D eigenvalue weighted by atomic mass is 19.1. The van der Waals surface area contributed by atoms with Crippen LogP contribution in [0.5, 0.6) is 0 Å². The monoisotopic (exact) mass is 309 g/mol. The van der Waals surface area contributed by atoms with Crippen molar-refractivity contribution in [3.8, 4) is 12.3 Å². The molecule has 0 aliphatic carbocycles. The quantitative estimate of drug-likeness (QED) is 0.447. The summed E-state index contributed by atoms with van der Waals surface area (Å²) >= 11 is 0. The van der Waals surface area contributed by atoms with Gasteiger partial charge in [-0.1, -0.05) is 30.3 Å². The van der Waals surface area contributed by atoms with E-state index in [0.717, 1.165) is 17.8 Å². The summed E-state index contributed by atoms with van der Waals surface area (Å²) in [6.07, 6.45) is 6.46. The Morgan fingerprint density at radius 1 is 1.17 bits per heavy atom. The number of nitrogens with two attached hydrogens (primary N) is 1. The number of hydrogen-bond acceptors (Lipinski definition) is 4. The highest BCUT2D eigenvalue weighted by Crippen LogP contribution is 2.21. The Kier molecular flexibility index (Phi) is 4.20. The van der Waals surface area contributed by atoms with Gasteiger partial charge < -0.3 is 10.3 Å². The lowest BCUT2D eigenvalue weighted by Gasteiger charge is -2.08. The van der Waals surface area contributed by atoms with E-state index in [-0.39, 0.29) is 5.82 Å². The molecule has 0 aliphatic heterocycles. The molecule has 3 aromatic rings. The standard InChI is InChI=1S/C17H16FN5/c1-2-3-7-10-23-13(11-12-8-5-4-6-9-12)20-14-15(19)21-17(18)22-16(14)23/h1,4-6,8-9H,3,7,10-11H2,(H2,19,21,22). The van der Waals surface area contributed by atoms with Crippen molar-refractivity contribution >= 4 is 17.0 Å². The third-order valence-electron chi connectivity index (χ3n) is 3.58. The van der Waals surface area contributed by atoms with Crippen molar-refractivity contribution in [3.63, 3.8) is 0 Å². The molecule has 2 aromatic heterocycles. The van der Waals surface area contributed by atoms with Crippen LogP contribution in [0.2, 0.25) is 0 Å². The summed E-state index contributed by atoms with van der Waals surface area (Å²) in [5.41, 5.74) is 7.74. The van der Waals surface area contributed by atoms with Crippen LogP contribution in [0.25, 0.3) is 11.2 Å². The fourth-order valence-corrected chi connectivity index (χ4v) is 2.53. The van der Waals surface area contributed by atoms with E-state index in [4.69, 9.17) is 12.2 Å². The summed E-state index contributed by atoms with van der Waals surface area (Å²) in [7, 11) is 0. The first-order valence-corrected chi connectivity index (χ1v) is 7.34. The van der Waals surface area contributed by atoms with E-state index in [0.29, 0.717) is 30.6 Å². The molecule has 0 unspecified atom stereocenters. The van der Waals surface area contributed by atoms with Crippen LogP contribution in [0.4, 0.5) is 10.2 Å². The second-order valence-corrected chi connectivity index (χ2v) is 5.20. The van der Waals surface area contributed by atoms with Crippen LogP contribution in [0.3, 0.4) is 0 Å². The maximum atomic E-state index is 13.5. The summed E-state index contributed by atoms with van der Waals surface area (Å²) in [6, 6.07) is 9.92. The number of nitrogen functional groups attached to an aromatic ring is 1. The van der Waals surface area contributed by atoms with E-state index in [2.05, 4.69) is 20.9 Å². The summed E-state index contributed by atoms with van der Waals surface area (Å²) in [5, 5.41) is 0. The Labute approximate surface area is 133 Å². The highest BCUT2D eigenvalue weighted by Gasteiger charge is 2.16. The zero-order valence-electron chi connectivity index (χ0n) is 12.5. The Bertz CT molecular complexity index is 864. The molecule has 3 rings (SSSR count). The summed E-state index contributed by atoms with van der Waals surface area (Å²) in [4.78, 5) is 11.9. The molecule has 2 N–H and O–H groups in total. The van der Waals surface area contributed by atoms with Crippen molar-refractivity contribution in [1.82, 2.24) is 19.5 Å². The molecule has 0 amide bonds. The number of aryl methyl sites for hydroxylation is 1.